The summed E-state index contributed by atoms with van der Waals surface area (Å²) in [6.07, 6.45) is 2.28. The molecule has 0 saturated heterocycles. The lowest BCUT2D eigenvalue weighted by atomic mass is 10.3. The van der Waals surface area contributed by atoms with E-state index in [0.717, 1.165) is 24.4 Å². The molecular weight excluding hydrogens is 202 g/mol. The molecule has 1 aromatic heterocycles. The van der Waals surface area contributed by atoms with Gasteiger partial charge in [0.2, 0.25) is 0 Å². The maximum atomic E-state index is 11.8. The van der Waals surface area contributed by atoms with Gasteiger partial charge in [0, 0.05) is 0 Å². The van der Waals surface area contributed by atoms with Crippen molar-refractivity contribution in [3.05, 3.63) is 46.6 Å². The highest BCUT2D eigenvalue weighted by Crippen LogP contribution is 2.35. The van der Waals surface area contributed by atoms with Gasteiger partial charge in [0.15, 0.2) is 0 Å². The molecule has 1 aliphatic carbocycles. The monoisotopic (exact) mass is 215 g/mol. The molecule has 0 bridgehead atoms. The van der Waals surface area contributed by atoms with Gasteiger partial charge in [-0.2, -0.15) is 9.67 Å². The maximum Gasteiger partial charge on any atom is 0.368 e. The predicted octanol–water partition coefficient (Wildman–Crippen LogP) is 1.68. The van der Waals surface area contributed by atoms with Crippen molar-refractivity contribution in [2.75, 3.05) is 0 Å². The van der Waals surface area contributed by atoms with Crippen LogP contribution in [0.25, 0.3) is 5.69 Å². The van der Waals surface area contributed by atoms with Gasteiger partial charge in [0.25, 0.3) is 0 Å². The van der Waals surface area contributed by atoms with Gasteiger partial charge in [0.1, 0.15) is 5.82 Å². The summed E-state index contributed by atoms with van der Waals surface area (Å²) in [4.78, 5) is 15.8. The molecule has 0 radical (unpaired) electrons. The van der Waals surface area contributed by atoms with Gasteiger partial charge in [-0.3, -0.25) is 4.68 Å². The molecule has 0 aliphatic heterocycles. The van der Waals surface area contributed by atoms with Gasteiger partial charge < -0.3 is 0 Å². The summed E-state index contributed by atoms with van der Waals surface area (Å²) < 4.78 is 3.69. The van der Waals surface area contributed by atoms with Crippen LogP contribution in [0.15, 0.2) is 35.1 Å². The molecule has 0 amide bonds. The minimum absolute atomic E-state index is 0.185. The number of hydrogen-bond donors (Lipinski definition) is 0. The molecule has 0 N–H and O–H groups in total. The Morgan fingerprint density at radius 1 is 1.25 bits per heavy atom. The zero-order valence-corrected chi connectivity index (χ0v) is 9.13. The molecule has 1 aromatic carbocycles. The van der Waals surface area contributed by atoms with E-state index < -0.39 is 0 Å². The largest absolute Gasteiger partial charge is 0.368 e. The Kier molecular flexibility index (Phi) is 1.96. The summed E-state index contributed by atoms with van der Waals surface area (Å²) in [6, 6.07) is 10.1. The lowest BCUT2D eigenvalue weighted by molar-refractivity contribution is 0.545. The third kappa shape index (κ3) is 1.38. The highest BCUT2D eigenvalue weighted by molar-refractivity contribution is 5.30. The first kappa shape index (κ1) is 9.39. The number of benzene rings is 1. The van der Waals surface area contributed by atoms with Crippen molar-refractivity contribution in [2.24, 2.45) is 0 Å². The fourth-order valence-corrected chi connectivity index (χ4v) is 2.02. The average Bonchev–Trinajstić information content (AvgIpc) is 3.06. The molecular formula is C12H13N3O. The molecule has 1 aliphatic rings. The molecule has 4 heteroatoms. The van der Waals surface area contributed by atoms with Gasteiger partial charge in [-0.15, -0.1) is 0 Å². The summed E-state index contributed by atoms with van der Waals surface area (Å²) in [5, 5.41) is 0. The second-order valence-electron chi connectivity index (χ2n) is 4.16. The first-order valence-corrected chi connectivity index (χ1v) is 5.51. The van der Waals surface area contributed by atoms with Crippen LogP contribution in [0.2, 0.25) is 0 Å². The highest BCUT2D eigenvalue weighted by Gasteiger charge is 2.28. The normalized spacial score (nSPS) is 15.3. The number of para-hydroxylation sites is 1. The Morgan fingerprint density at radius 3 is 2.56 bits per heavy atom. The smallest absolute Gasteiger partial charge is 0.260 e. The van der Waals surface area contributed by atoms with Gasteiger partial charge in [0.05, 0.1) is 11.7 Å². The molecule has 1 heterocycles. The zero-order chi connectivity index (χ0) is 11.1. The van der Waals surface area contributed by atoms with Crippen LogP contribution in [-0.2, 0) is 0 Å². The molecule has 2 aromatic rings. The van der Waals surface area contributed by atoms with E-state index in [4.69, 9.17) is 0 Å². The topological polar surface area (TPSA) is 39.8 Å². The van der Waals surface area contributed by atoms with Crippen molar-refractivity contribution >= 4 is 0 Å². The standard InChI is InChI=1S/C12H13N3O/c1-9-13-12(16)15(14(9)11-7-8-11)10-5-3-2-4-6-10/h2-6,11H,7-8H2,1H3. The van der Waals surface area contributed by atoms with Crippen LogP contribution < -0.4 is 5.69 Å². The van der Waals surface area contributed by atoms with Crippen LogP contribution >= 0.6 is 0 Å². The van der Waals surface area contributed by atoms with Crippen LogP contribution in [0.4, 0.5) is 0 Å². The van der Waals surface area contributed by atoms with Crippen molar-refractivity contribution in [3.63, 3.8) is 0 Å². The summed E-state index contributed by atoms with van der Waals surface area (Å²) in [6.45, 7) is 1.89. The van der Waals surface area contributed by atoms with Crippen LogP contribution in [0, 0.1) is 6.92 Å². The Hall–Kier alpha value is -1.84. The Bertz CT molecular complexity index is 564. The van der Waals surface area contributed by atoms with Crippen molar-refractivity contribution in [1.29, 1.82) is 0 Å². The quantitative estimate of drug-likeness (QED) is 0.764. The zero-order valence-electron chi connectivity index (χ0n) is 9.13. The Labute approximate surface area is 93.1 Å². The third-order valence-corrected chi connectivity index (χ3v) is 2.88. The first-order chi connectivity index (χ1) is 7.77. The lowest BCUT2D eigenvalue weighted by Crippen LogP contribution is -2.21. The predicted molar refractivity (Wildman–Crippen MR) is 60.8 cm³/mol. The molecule has 0 unspecified atom stereocenters. The number of hydrogen-bond acceptors (Lipinski definition) is 2. The van der Waals surface area contributed by atoms with Gasteiger partial charge in [-0.25, -0.2) is 4.79 Å². The van der Waals surface area contributed by atoms with Crippen LogP contribution in [-0.4, -0.2) is 14.3 Å². The van der Waals surface area contributed by atoms with E-state index in [1.54, 1.807) is 4.68 Å². The minimum atomic E-state index is -0.185. The average molecular weight is 215 g/mol. The summed E-state index contributed by atoms with van der Waals surface area (Å²) in [5.74, 6) is 0.802. The first-order valence-electron chi connectivity index (χ1n) is 5.51. The van der Waals surface area contributed by atoms with E-state index in [0.29, 0.717) is 6.04 Å². The second kappa shape index (κ2) is 3.33. The Morgan fingerprint density at radius 2 is 1.94 bits per heavy atom. The number of aryl methyl sites for hydroxylation is 1. The van der Waals surface area contributed by atoms with Crippen LogP contribution in [0.1, 0.15) is 24.7 Å². The van der Waals surface area contributed by atoms with E-state index in [-0.39, 0.29) is 5.69 Å². The molecule has 0 spiro atoms. The molecule has 0 atom stereocenters. The summed E-state index contributed by atoms with van der Waals surface area (Å²) >= 11 is 0. The highest BCUT2D eigenvalue weighted by atomic mass is 16.2. The third-order valence-electron chi connectivity index (χ3n) is 2.88. The number of nitrogens with zero attached hydrogens (tertiary/aromatic N) is 3. The lowest BCUT2D eigenvalue weighted by Gasteiger charge is -2.10. The van der Waals surface area contributed by atoms with E-state index >= 15 is 0 Å². The molecule has 1 saturated carbocycles. The Balaban J connectivity index is 2.23. The van der Waals surface area contributed by atoms with Crippen molar-refractivity contribution in [1.82, 2.24) is 14.3 Å². The molecule has 3 rings (SSSR count). The minimum Gasteiger partial charge on any atom is -0.260 e. The molecule has 4 nitrogen and oxygen atoms in total. The van der Waals surface area contributed by atoms with Crippen molar-refractivity contribution in [2.45, 2.75) is 25.8 Å². The van der Waals surface area contributed by atoms with Gasteiger partial charge >= 0.3 is 5.69 Å². The van der Waals surface area contributed by atoms with Crippen molar-refractivity contribution < 1.29 is 0 Å². The SMILES string of the molecule is Cc1nc(=O)n(-c2ccccc2)n1C1CC1. The van der Waals surface area contributed by atoms with E-state index in [1.165, 1.54) is 0 Å². The van der Waals surface area contributed by atoms with Gasteiger partial charge in [-0.05, 0) is 31.9 Å². The van der Waals surface area contributed by atoms with Crippen LogP contribution in [0.5, 0.6) is 0 Å². The van der Waals surface area contributed by atoms with E-state index in [1.807, 2.05) is 41.9 Å². The van der Waals surface area contributed by atoms with E-state index in [9.17, 15) is 4.79 Å². The summed E-state index contributed by atoms with van der Waals surface area (Å²) in [7, 11) is 0. The number of rotatable bonds is 2. The van der Waals surface area contributed by atoms with Gasteiger partial charge in [-0.1, -0.05) is 18.2 Å². The van der Waals surface area contributed by atoms with E-state index in [2.05, 4.69) is 4.98 Å². The second-order valence-corrected chi connectivity index (χ2v) is 4.16. The van der Waals surface area contributed by atoms with Crippen molar-refractivity contribution in [3.8, 4) is 5.69 Å². The maximum absolute atomic E-state index is 11.8. The molecule has 82 valence electrons. The van der Waals surface area contributed by atoms with Crippen LogP contribution in [0.3, 0.4) is 0 Å². The molecule has 16 heavy (non-hydrogen) atoms. The fraction of sp³-hybridized carbons (Fsp3) is 0.333. The number of aromatic nitrogens is 3. The summed E-state index contributed by atoms with van der Waals surface area (Å²) in [5.41, 5.74) is 0.704. The fourth-order valence-electron chi connectivity index (χ4n) is 2.02. The molecule has 1 fully saturated rings.